The van der Waals surface area contributed by atoms with E-state index in [1.807, 2.05) is 30.5 Å². The molecule has 0 unspecified atom stereocenters. The van der Waals surface area contributed by atoms with E-state index in [1.54, 1.807) is 18.9 Å². The van der Waals surface area contributed by atoms with Crippen LogP contribution >= 0.6 is 23.5 Å². The van der Waals surface area contributed by atoms with Crippen molar-refractivity contribution in [3.8, 4) is 11.9 Å². The van der Waals surface area contributed by atoms with Crippen LogP contribution in [0.1, 0.15) is 13.8 Å². The van der Waals surface area contributed by atoms with Crippen LogP contribution in [0.4, 0.5) is 0 Å². The number of nitrogens with zero attached hydrogens (tertiary/aromatic N) is 2. The Bertz CT molecular complexity index is 421. The first-order valence-electron chi connectivity index (χ1n) is 5.11. The largest absolute Gasteiger partial charge is 0.497 e. The second-order valence-corrected chi connectivity index (χ2v) is 6.31. The van der Waals surface area contributed by atoms with Crippen molar-refractivity contribution in [2.45, 2.75) is 24.0 Å². The Morgan fingerprint density at radius 1 is 1.35 bits per heavy atom. The van der Waals surface area contributed by atoms with Gasteiger partial charge in [-0.3, -0.25) is 0 Å². The zero-order valence-corrected chi connectivity index (χ0v) is 11.6. The average molecular weight is 266 g/mol. The third-order valence-electron chi connectivity index (χ3n) is 1.74. The lowest BCUT2D eigenvalue weighted by molar-refractivity contribution is 0.414. The molecule has 0 fully saturated rings. The van der Waals surface area contributed by atoms with Gasteiger partial charge in [-0.15, -0.1) is 0 Å². The zero-order valence-electron chi connectivity index (χ0n) is 10.0. The standard InChI is InChI=1S/C12H14N2OS2/c1-9(2)16-12(14-8-13)17-11-6-4-10(15-3)5-7-11/h4-7,9H,1-3H3. The SMILES string of the molecule is COc1ccc(SC(=NC#N)SC(C)C)cc1. The fraction of sp³-hybridized carbons (Fsp3) is 0.333. The van der Waals surface area contributed by atoms with E-state index in [2.05, 4.69) is 18.8 Å². The molecule has 0 N–H and O–H groups in total. The number of rotatable bonds is 3. The highest BCUT2D eigenvalue weighted by atomic mass is 32.2. The molecule has 0 bridgehead atoms. The second-order valence-electron chi connectivity index (χ2n) is 3.42. The summed E-state index contributed by atoms with van der Waals surface area (Å²) in [5.41, 5.74) is 0. The number of aliphatic imine (C=N–C) groups is 1. The molecule has 0 amide bonds. The predicted octanol–water partition coefficient (Wildman–Crippen LogP) is 3.77. The summed E-state index contributed by atoms with van der Waals surface area (Å²) in [6.45, 7) is 4.15. The second kappa shape index (κ2) is 7.25. The summed E-state index contributed by atoms with van der Waals surface area (Å²) in [6, 6.07) is 7.70. The summed E-state index contributed by atoms with van der Waals surface area (Å²) in [4.78, 5) is 4.87. The molecule has 5 heteroatoms. The summed E-state index contributed by atoms with van der Waals surface area (Å²) >= 11 is 3.08. The molecule has 0 atom stereocenters. The Labute approximate surface area is 110 Å². The number of nitriles is 1. The Balaban J connectivity index is 2.73. The third kappa shape index (κ3) is 5.16. The first kappa shape index (κ1) is 13.9. The Hall–Kier alpha value is -1.12. The molecule has 0 aliphatic carbocycles. The molecule has 1 aromatic rings. The van der Waals surface area contributed by atoms with Gasteiger partial charge in [-0.05, 0) is 24.3 Å². The first-order chi connectivity index (χ1) is 8.15. The molecule has 1 aromatic carbocycles. The van der Waals surface area contributed by atoms with Gasteiger partial charge >= 0.3 is 0 Å². The maximum atomic E-state index is 8.63. The maximum absolute atomic E-state index is 8.63. The van der Waals surface area contributed by atoms with Crippen molar-refractivity contribution in [3.63, 3.8) is 0 Å². The fourth-order valence-corrected chi connectivity index (χ4v) is 3.18. The van der Waals surface area contributed by atoms with Gasteiger partial charge in [0.1, 0.15) is 10.1 Å². The quantitative estimate of drug-likeness (QED) is 0.361. The van der Waals surface area contributed by atoms with Gasteiger partial charge in [0.15, 0.2) is 0 Å². The molecular weight excluding hydrogens is 252 g/mol. The van der Waals surface area contributed by atoms with Crippen LogP contribution in [0.5, 0.6) is 5.75 Å². The normalized spacial score (nSPS) is 11.4. The van der Waals surface area contributed by atoms with Gasteiger partial charge in [0.25, 0.3) is 0 Å². The van der Waals surface area contributed by atoms with Crippen molar-refractivity contribution < 1.29 is 4.74 Å². The van der Waals surface area contributed by atoms with Crippen molar-refractivity contribution in [1.82, 2.24) is 0 Å². The van der Waals surface area contributed by atoms with E-state index in [0.717, 1.165) is 15.0 Å². The van der Waals surface area contributed by atoms with Gasteiger partial charge in [0.2, 0.25) is 6.19 Å². The monoisotopic (exact) mass is 266 g/mol. The van der Waals surface area contributed by atoms with Crippen molar-refractivity contribution in [2.75, 3.05) is 7.11 Å². The lowest BCUT2D eigenvalue weighted by atomic mass is 10.3. The molecular formula is C12H14N2OS2. The highest BCUT2D eigenvalue weighted by Crippen LogP contribution is 2.29. The number of ether oxygens (including phenoxy) is 1. The Morgan fingerprint density at radius 2 is 2.00 bits per heavy atom. The lowest BCUT2D eigenvalue weighted by Crippen LogP contribution is -1.94. The lowest BCUT2D eigenvalue weighted by Gasteiger charge is -2.07. The summed E-state index contributed by atoms with van der Waals surface area (Å²) in [5, 5.41) is 9.04. The van der Waals surface area contributed by atoms with Crippen LogP contribution in [0.25, 0.3) is 0 Å². The van der Waals surface area contributed by atoms with E-state index in [9.17, 15) is 0 Å². The van der Waals surface area contributed by atoms with Crippen molar-refractivity contribution in [2.24, 2.45) is 4.99 Å². The summed E-state index contributed by atoms with van der Waals surface area (Å²) in [7, 11) is 1.64. The predicted molar refractivity (Wildman–Crippen MR) is 74.6 cm³/mol. The smallest absolute Gasteiger partial charge is 0.207 e. The maximum Gasteiger partial charge on any atom is 0.207 e. The van der Waals surface area contributed by atoms with Gasteiger partial charge < -0.3 is 4.74 Å². The molecule has 0 aliphatic heterocycles. The molecule has 0 saturated carbocycles. The molecule has 0 spiro atoms. The van der Waals surface area contributed by atoms with Crippen LogP contribution < -0.4 is 4.74 Å². The first-order valence-corrected chi connectivity index (χ1v) is 6.80. The van der Waals surface area contributed by atoms with Crippen molar-refractivity contribution >= 4 is 27.9 Å². The summed E-state index contributed by atoms with van der Waals surface area (Å²) in [5.74, 6) is 0.824. The van der Waals surface area contributed by atoms with Gasteiger partial charge in [0.05, 0.1) is 7.11 Å². The molecule has 0 saturated heterocycles. The van der Waals surface area contributed by atoms with Crippen LogP contribution in [0.2, 0.25) is 0 Å². The molecule has 0 radical (unpaired) electrons. The number of benzene rings is 1. The minimum absolute atomic E-state index is 0.410. The van der Waals surface area contributed by atoms with E-state index in [-0.39, 0.29) is 0 Å². The highest BCUT2D eigenvalue weighted by molar-refractivity contribution is 8.39. The minimum Gasteiger partial charge on any atom is -0.497 e. The Morgan fingerprint density at radius 3 is 2.47 bits per heavy atom. The summed E-state index contributed by atoms with van der Waals surface area (Å²) in [6.07, 6.45) is 1.84. The van der Waals surface area contributed by atoms with Crippen LogP contribution in [-0.4, -0.2) is 16.7 Å². The Kier molecular flexibility index (Phi) is 5.95. The molecule has 17 heavy (non-hydrogen) atoms. The van der Waals surface area contributed by atoms with Crippen molar-refractivity contribution in [1.29, 1.82) is 5.26 Å². The number of methoxy groups -OCH3 is 1. The van der Waals surface area contributed by atoms with Crippen LogP contribution in [0, 0.1) is 11.5 Å². The molecule has 0 aromatic heterocycles. The van der Waals surface area contributed by atoms with Gasteiger partial charge in [-0.2, -0.15) is 10.3 Å². The average Bonchev–Trinajstić information content (AvgIpc) is 2.29. The fourth-order valence-electron chi connectivity index (χ4n) is 1.06. The number of hydrogen-bond donors (Lipinski definition) is 0. The van der Waals surface area contributed by atoms with E-state index in [4.69, 9.17) is 10.00 Å². The molecule has 0 heterocycles. The van der Waals surface area contributed by atoms with E-state index >= 15 is 0 Å². The number of thioether (sulfide) groups is 2. The van der Waals surface area contributed by atoms with Gasteiger partial charge in [-0.25, -0.2) is 0 Å². The molecule has 90 valence electrons. The van der Waals surface area contributed by atoms with Crippen molar-refractivity contribution in [3.05, 3.63) is 24.3 Å². The van der Waals surface area contributed by atoms with Gasteiger partial charge in [0, 0.05) is 10.1 Å². The van der Waals surface area contributed by atoms with E-state index in [1.165, 1.54) is 11.8 Å². The summed E-state index contributed by atoms with van der Waals surface area (Å²) < 4.78 is 5.86. The van der Waals surface area contributed by atoms with Crippen LogP contribution in [0.3, 0.4) is 0 Å². The topological polar surface area (TPSA) is 45.4 Å². The van der Waals surface area contributed by atoms with E-state index in [0.29, 0.717) is 5.25 Å². The molecule has 1 rings (SSSR count). The zero-order chi connectivity index (χ0) is 12.7. The minimum atomic E-state index is 0.410. The van der Waals surface area contributed by atoms with Gasteiger partial charge in [-0.1, -0.05) is 37.4 Å². The number of hydrogen-bond acceptors (Lipinski definition) is 5. The third-order valence-corrected chi connectivity index (χ3v) is 3.82. The molecule has 3 nitrogen and oxygen atoms in total. The van der Waals surface area contributed by atoms with Crippen LogP contribution in [0.15, 0.2) is 34.2 Å². The molecule has 0 aliphatic rings. The van der Waals surface area contributed by atoms with E-state index < -0.39 is 0 Å². The highest BCUT2D eigenvalue weighted by Gasteiger charge is 2.06. The van der Waals surface area contributed by atoms with Crippen LogP contribution in [-0.2, 0) is 0 Å².